The molecule has 3 aromatic carbocycles. The number of Topliss-reactive ketones (excluding diaryl/α,β-unsaturated/α-hetero) is 1. The van der Waals surface area contributed by atoms with E-state index in [4.69, 9.17) is 16.3 Å². The van der Waals surface area contributed by atoms with Gasteiger partial charge in [0.1, 0.15) is 17.6 Å². The molecule has 0 aliphatic heterocycles. The van der Waals surface area contributed by atoms with E-state index in [1.54, 1.807) is 73.8 Å². The van der Waals surface area contributed by atoms with Gasteiger partial charge in [0.2, 0.25) is 15.9 Å². The fourth-order valence-corrected chi connectivity index (χ4v) is 6.93. The first-order valence-corrected chi connectivity index (χ1v) is 17.4. The highest BCUT2D eigenvalue weighted by Gasteiger charge is 2.31. The van der Waals surface area contributed by atoms with Gasteiger partial charge in [-0.1, -0.05) is 65.2 Å². The van der Waals surface area contributed by atoms with Gasteiger partial charge in [0.05, 0.1) is 18.1 Å². The quantitative estimate of drug-likeness (QED) is 0.0672. The van der Waals surface area contributed by atoms with E-state index in [2.05, 4.69) is 25.0 Å². The summed E-state index contributed by atoms with van der Waals surface area (Å²) in [5.74, 6) is -1.39. The number of nitrogens with zero attached hydrogens (tertiary/aromatic N) is 4. The smallest absolute Gasteiger partial charge is 0.240 e. The average Bonchev–Trinajstić information content (AvgIpc) is 3.08. The van der Waals surface area contributed by atoms with Crippen LogP contribution in [0.1, 0.15) is 41.5 Å². The zero-order valence-corrected chi connectivity index (χ0v) is 28.6. The molecule has 0 amide bonds. The number of carbonyl (C=O) groups excluding carboxylic acids is 1. The van der Waals surface area contributed by atoms with Crippen LogP contribution in [0.2, 0.25) is 5.02 Å². The summed E-state index contributed by atoms with van der Waals surface area (Å²) >= 11 is 6.14. The van der Waals surface area contributed by atoms with E-state index < -0.39 is 45.7 Å². The first-order valence-electron chi connectivity index (χ1n) is 15.6. The number of rotatable bonds is 18. The standard InChI is InChI=1S/C35H38ClFN6O5S/c1-23(44)20-39-22-28(42-49(46,47)29-8-4-3-5-9-29)16-17-30-25(7-6-10-31(30)37)19-32(45)35(41-43-38)34(24-11-14-27(36)15-12-24)26-13-18-33(48-2)40-21-26/h3-15,18,21,23,28,34-35,39,42,44H,16-17,19-20,22H2,1-2H3/t23-,28-,34-,35+/m0/s1. The van der Waals surface area contributed by atoms with Crippen LogP contribution >= 0.6 is 11.6 Å². The molecule has 1 aromatic heterocycles. The summed E-state index contributed by atoms with van der Waals surface area (Å²) in [7, 11) is -2.43. The number of sulfonamides is 1. The zero-order valence-electron chi connectivity index (χ0n) is 27.0. The molecule has 0 saturated heterocycles. The predicted octanol–water partition coefficient (Wildman–Crippen LogP) is 5.76. The van der Waals surface area contributed by atoms with Crippen LogP contribution in [-0.4, -0.2) is 62.7 Å². The number of benzene rings is 3. The molecular weight excluding hydrogens is 671 g/mol. The molecule has 49 heavy (non-hydrogen) atoms. The van der Waals surface area contributed by atoms with Gasteiger partial charge in [-0.05, 0) is 77.9 Å². The predicted molar refractivity (Wildman–Crippen MR) is 186 cm³/mol. The van der Waals surface area contributed by atoms with Crippen molar-refractivity contribution in [2.24, 2.45) is 5.11 Å². The van der Waals surface area contributed by atoms with Crippen molar-refractivity contribution >= 4 is 27.4 Å². The number of nitrogens with one attached hydrogen (secondary N) is 2. The van der Waals surface area contributed by atoms with Crippen LogP contribution in [0.5, 0.6) is 5.88 Å². The van der Waals surface area contributed by atoms with Gasteiger partial charge in [-0.25, -0.2) is 22.5 Å². The Hall–Kier alpha value is -4.36. The van der Waals surface area contributed by atoms with E-state index in [1.165, 1.54) is 31.4 Å². The lowest BCUT2D eigenvalue weighted by molar-refractivity contribution is -0.119. The molecule has 4 rings (SSSR count). The van der Waals surface area contributed by atoms with E-state index in [9.17, 15) is 23.8 Å². The number of aliphatic hydroxyl groups is 1. The van der Waals surface area contributed by atoms with Gasteiger partial charge >= 0.3 is 0 Å². The molecule has 0 aliphatic rings. The average molecular weight is 709 g/mol. The minimum atomic E-state index is -3.91. The third kappa shape index (κ3) is 10.6. The van der Waals surface area contributed by atoms with Gasteiger partial charge in [-0.2, -0.15) is 0 Å². The maximum atomic E-state index is 15.4. The number of ketones is 1. The number of aromatic nitrogens is 1. The molecule has 0 bridgehead atoms. The molecule has 4 atom stereocenters. The summed E-state index contributed by atoms with van der Waals surface area (Å²) in [5, 5.41) is 17.2. The van der Waals surface area contributed by atoms with Crippen LogP contribution in [0.3, 0.4) is 0 Å². The van der Waals surface area contributed by atoms with Gasteiger partial charge < -0.3 is 15.2 Å². The monoisotopic (exact) mass is 708 g/mol. The second-order valence-electron chi connectivity index (χ2n) is 11.5. The topological polar surface area (TPSA) is 166 Å². The third-order valence-electron chi connectivity index (χ3n) is 7.91. The van der Waals surface area contributed by atoms with E-state index in [0.717, 1.165) is 0 Å². The lowest BCUT2D eigenvalue weighted by Gasteiger charge is -2.24. The van der Waals surface area contributed by atoms with Crippen LogP contribution in [0.15, 0.2) is 101 Å². The Labute approximate surface area is 290 Å². The first kappa shape index (κ1) is 37.5. The summed E-state index contributed by atoms with van der Waals surface area (Å²) in [5.41, 5.74) is 11.4. The van der Waals surface area contributed by atoms with Gasteiger partial charge in [0, 0.05) is 53.7 Å². The highest BCUT2D eigenvalue weighted by Crippen LogP contribution is 2.33. The number of carbonyl (C=O) groups is 1. The zero-order chi connectivity index (χ0) is 35.4. The van der Waals surface area contributed by atoms with Gasteiger partial charge in [0.25, 0.3) is 0 Å². The van der Waals surface area contributed by atoms with Gasteiger partial charge in [0.15, 0.2) is 0 Å². The number of hydrogen-bond acceptors (Lipinski definition) is 8. The summed E-state index contributed by atoms with van der Waals surface area (Å²) < 4.78 is 49.6. The highest BCUT2D eigenvalue weighted by molar-refractivity contribution is 7.89. The molecule has 0 fully saturated rings. The third-order valence-corrected chi connectivity index (χ3v) is 9.70. The molecule has 0 radical (unpaired) electrons. The Morgan fingerprint density at radius 2 is 1.76 bits per heavy atom. The Bertz CT molecular complexity index is 1840. The summed E-state index contributed by atoms with van der Waals surface area (Å²) in [4.78, 5) is 21.4. The van der Waals surface area contributed by atoms with Crippen molar-refractivity contribution in [1.82, 2.24) is 15.0 Å². The fraction of sp³-hybridized carbons (Fsp3) is 0.314. The molecule has 1 heterocycles. The molecule has 0 spiro atoms. The summed E-state index contributed by atoms with van der Waals surface area (Å²) in [6.45, 7) is 1.99. The number of aliphatic hydroxyl groups excluding tert-OH is 1. The lowest BCUT2D eigenvalue weighted by atomic mass is 9.82. The van der Waals surface area contributed by atoms with Crippen LogP contribution in [0.4, 0.5) is 4.39 Å². The highest BCUT2D eigenvalue weighted by atomic mass is 35.5. The molecule has 11 nitrogen and oxygen atoms in total. The number of pyridine rings is 1. The second kappa shape index (κ2) is 17.9. The van der Waals surface area contributed by atoms with Crippen molar-refractivity contribution < 1.29 is 27.4 Å². The van der Waals surface area contributed by atoms with Crippen molar-refractivity contribution in [1.29, 1.82) is 0 Å². The van der Waals surface area contributed by atoms with E-state index >= 15 is 4.39 Å². The Balaban J connectivity index is 1.62. The molecular formula is C35H38ClFN6O5S. The number of ether oxygens (including phenoxy) is 1. The molecule has 258 valence electrons. The fourth-order valence-electron chi connectivity index (χ4n) is 5.51. The van der Waals surface area contributed by atoms with Crippen molar-refractivity contribution in [2.75, 3.05) is 20.2 Å². The van der Waals surface area contributed by atoms with Crippen LogP contribution in [0.25, 0.3) is 10.4 Å². The molecule has 0 unspecified atom stereocenters. The second-order valence-corrected chi connectivity index (χ2v) is 13.7. The van der Waals surface area contributed by atoms with Crippen LogP contribution < -0.4 is 14.8 Å². The van der Waals surface area contributed by atoms with Crippen molar-refractivity contribution in [3.05, 3.63) is 135 Å². The minimum absolute atomic E-state index is 0.0825. The van der Waals surface area contributed by atoms with Crippen molar-refractivity contribution in [2.45, 2.75) is 55.2 Å². The largest absolute Gasteiger partial charge is 0.481 e. The molecule has 14 heteroatoms. The van der Waals surface area contributed by atoms with Gasteiger partial charge in [-0.3, -0.25) is 4.79 Å². The molecule has 4 aromatic rings. The summed E-state index contributed by atoms with van der Waals surface area (Å²) in [6, 6.07) is 20.6. The van der Waals surface area contributed by atoms with Crippen molar-refractivity contribution in [3.8, 4) is 5.88 Å². The number of azide groups is 1. The van der Waals surface area contributed by atoms with Crippen LogP contribution in [0, 0.1) is 5.82 Å². The molecule has 3 N–H and O–H groups in total. The summed E-state index contributed by atoms with van der Waals surface area (Å²) in [6.07, 6.45) is 0.880. The Morgan fingerprint density at radius 1 is 1.04 bits per heavy atom. The number of hydrogen-bond donors (Lipinski definition) is 3. The van der Waals surface area contributed by atoms with E-state index in [1.807, 2.05) is 0 Å². The molecule has 0 saturated carbocycles. The Morgan fingerprint density at radius 3 is 2.39 bits per heavy atom. The first-order chi connectivity index (χ1) is 23.5. The van der Waals surface area contributed by atoms with Crippen molar-refractivity contribution in [3.63, 3.8) is 0 Å². The normalized spacial score (nSPS) is 13.9. The maximum Gasteiger partial charge on any atom is 0.240 e. The number of methoxy groups -OCH3 is 1. The SMILES string of the molecule is COc1ccc([C@H](c2ccc(Cl)cc2)[C@H](N=[N+]=[N-])C(=O)Cc2cccc(F)c2CC[C@@H](CNC[C@H](C)O)NS(=O)(=O)c2ccccc2)cn1. The number of halogens is 2. The van der Waals surface area contributed by atoms with E-state index in [-0.39, 0.29) is 42.8 Å². The maximum absolute atomic E-state index is 15.4. The minimum Gasteiger partial charge on any atom is -0.481 e. The van der Waals surface area contributed by atoms with Gasteiger partial charge in [-0.15, -0.1) is 0 Å². The lowest BCUT2D eigenvalue weighted by Crippen LogP contribution is -2.43. The van der Waals surface area contributed by atoms with E-state index in [0.29, 0.717) is 27.6 Å². The molecule has 0 aliphatic carbocycles. The Kier molecular flexibility index (Phi) is 13.7. The van der Waals surface area contributed by atoms with Crippen LogP contribution in [-0.2, 0) is 27.7 Å².